The number of carbonyl (C=O) groups is 1. The topological polar surface area (TPSA) is 41.9 Å². The van der Waals surface area contributed by atoms with E-state index < -0.39 is 8.07 Å². The third-order valence-electron chi connectivity index (χ3n) is 5.99. The maximum atomic E-state index is 12.2. The summed E-state index contributed by atoms with van der Waals surface area (Å²) in [6.07, 6.45) is 5.31. The van der Waals surface area contributed by atoms with Gasteiger partial charge in [0.25, 0.3) is 0 Å². The molecule has 2 heterocycles. The normalized spacial score (nSPS) is 23.6. The molecule has 28 heavy (non-hydrogen) atoms. The van der Waals surface area contributed by atoms with Gasteiger partial charge in [0.15, 0.2) is 13.9 Å². The van der Waals surface area contributed by atoms with Gasteiger partial charge in [-0.2, -0.15) is 0 Å². The molecule has 4 nitrogen and oxygen atoms in total. The summed E-state index contributed by atoms with van der Waals surface area (Å²) < 4.78 is 5.52. The molecule has 140 valence electrons. The first-order chi connectivity index (χ1) is 13.7. The fourth-order valence-corrected chi connectivity index (χ4v) is 8.35. The number of anilines is 1. The summed E-state index contributed by atoms with van der Waals surface area (Å²) in [7, 11) is -2.33. The van der Waals surface area contributed by atoms with Crippen LogP contribution in [0.25, 0.3) is 0 Å². The summed E-state index contributed by atoms with van der Waals surface area (Å²) in [4.78, 5) is 19.5. The van der Waals surface area contributed by atoms with Crippen molar-refractivity contribution in [1.82, 2.24) is 0 Å². The molecular formula is C23H22N2O2Si. The fraction of sp³-hybridized carbons (Fsp3) is 0.217. The molecule has 1 aliphatic carbocycles. The smallest absolute Gasteiger partial charge is 0.178 e. The second kappa shape index (κ2) is 6.69. The molecule has 0 N–H and O–H groups in total. The lowest BCUT2D eigenvalue weighted by molar-refractivity contribution is -0.110. The van der Waals surface area contributed by atoms with E-state index in [4.69, 9.17) is 9.73 Å². The molecule has 2 aromatic carbocycles. The van der Waals surface area contributed by atoms with Gasteiger partial charge >= 0.3 is 0 Å². The van der Waals surface area contributed by atoms with E-state index in [-0.39, 0.29) is 5.78 Å². The standard InChI is InChI=1S/C23H22N2O2Si/c1-28(19-5-3-2-4-6-19)22-15-17(25-11-13-27-14-12-25)7-9-20(22)24-21-10-8-18(26)16-23(21)28/h2-10,15-16H,11-14H2,1H3. The Balaban J connectivity index is 1.73. The Morgan fingerprint density at radius 1 is 1.04 bits per heavy atom. The van der Waals surface area contributed by atoms with Crippen LogP contribution in [-0.4, -0.2) is 45.9 Å². The monoisotopic (exact) mass is 386 g/mol. The lowest BCUT2D eigenvalue weighted by Gasteiger charge is -2.38. The van der Waals surface area contributed by atoms with Crippen LogP contribution in [0, 0.1) is 0 Å². The lowest BCUT2D eigenvalue weighted by atomic mass is 10.1. The van der Waals surface area contributed by atoms with Crippen LogP contribution in [-0.2, 0) is 9.53 Å². The second-order valence-corrected chi connectivity index (χ2v) is 11.5. The number of aliphatic imine (C=N–C) groups is 1. The minimum absolute atomic E-state index is 0.0522. The zero-order valence-corrected chi connectivity index (χ0v) is 16.9. The highest BCUT2D eigenvalue weighted by atomic mass is 28.3. The molecular weight excluding hydrogens is 364 g/mol. The average Bonchev–Trinajstić information content (AvgIpc) is 2.75. The highest BCUT2D eigenvalue weighted by molar-refractivity contribution is 7.10. The van der Waals surface area contributed by atoms with E-state index in [9.17, 15) is 4.79 Å². The van der Waals surface area contributed by atoms with Crippen molar-refractivity contribution in [3.8, 4) is 0 Å². The Morgan fingerprint density at radius 2 is 1.82 bits per heavy atom. The van der Waals surface area contributed by atoms with Crippen molar-refractivity contribution < 1.29 is 9.53 Å². The maximum absolute atomic E-state index is 12.2. The van der Waals surface area contributed by atoms with E-state index in [1.807, 2.05) is 18.2 Å². The van der Waals surface area contributed by atoms with Crippen LogP contribution >= 0.6 is 0 Å². The van der Waals surface area contributed by atoms with Crippen molar-refractivity contribution in [2.75, 3.05) is 31.2 Å². The van der Waals surface area contributed by atoms with Gasteiger partial charge < -0.3 is 9.64 Å². The number of carbonyl (C=O) groups excluding carboxylic acids is 1. The molecule has 1 saturated heterocycles. The average molecular weight is 387 g/mol. The van der Waals surface area contributed by atoms with Gasteiger partial charge in [-0.15, -0.1) is 0 Å². The van der Waals surface area contributed by atoms with Crippen LogP contribution < -0.4 is 15.3 Å². The van der Waals surface area contributed by atoms with Gasteiger partial charge in [0.05, 0.1) is 24.6 Å². The number of allylic oxidation sites excluding steroid dienone is 4. The van der Waals surface area contributed by atoms with E-state index >= 15 is 0 Å². The first kappa shape index (κ1) is 17.3. The third kappa shape index (κ3) is 2.70. The highest BCUT2D eigenvalue weighted by Crippen LogP contribution is 2.32. The van der Waals surface area contributed by atoms with Crippen LogP contribution in [0.3, 0.4) is 0 Å². The zero-order valence-electron chi connectivity index (χ0n) is 15.9. The number of rotatable bonds is 2. The highest BCUT2D eigenvalue weighted by Gasteiger charge is 2.43. The second-order valence-electron chi connectivity index (χ2n) is 7.58. The van der Waals surface area contributed by atoms with Crippen molar-refractivity contribution in [3.63, 3.8) is 0 Å². The quantitative estimate of drug-likeness (QED) is 0.588. The number of hydrogen-bond acceptors (Lipinski definition) is 4. The Labute approximate surface area is 165 Å². The maximum Gasteiger partial charge on any atom is 0.178 e. The van der Waals surface area contributed by atoms with E-state index in [1.54, 1.807) is 6.08 Å². The van der Waals surface area contributed by atoms with Crippen molar-refractivity contribution in [1.29, 1.82) is 0 Å². The van der Waals surface area contributed by atoms with Crippen molar-refractivity contribution >= 4 is 41.3 Å². The first-order valence-electron chi connectivity index (χ1n) is 9.72. The molecule has 5 rings (SSSR count). The predicted octanol–water partition coefficient (Wildman–Crippen LogP) is 2.41. The molecule has 0 radical (unpaired) electrons. The Morgan fingerprint density at radius 3 is 2.61 bits per heavy atom. The van der Waals surface area contributed by atoms with Crippen molar-refractivity contribution in [2.45, 2.75) is 6.55 Å². The minimum atomic E-state index is -2.33. The number of ether oxygens (including phenoxy) is 1. The molecule has 0 amide bonds. The van der Waals surface area contributed by atoms with Gasteiger partial charge in [-0.1, -0.05) is 36.9 Å². The first-order valence-corrected chi connectivity index (χ1v) is 12.2. The lowest BCUT2D eigenvalue weighted by Crippen LogP contribution is -2.61. The number of morpholine rings is 1. The van der Waals surface area contributed by atoms with E-state index in [1.165, 1.54) is 16.1 Å². The zero-order chi connectivity index (χ0) is 19.1. The molecule has 2 aromatic rings. The Kier molecular flexibility index (Phi) is 4.14. The van der Waals surface area contributed by atoms with Crippen molar-refractivity contribution in [3.05, 3.63) is 72.0 Å². The minimum Gasteiger partial charge on any atom is -0.378 e. The Hall–Kier alpha value is -2.76. The van der Waals surface area contributed by atoms with Crippen LogP contribution in [0.1, 0.15) is 0 Å². The Bertz CT molecular complexity index is 1040. The summed E-state index contributed by atoms with van der Waals surface area (Å²) in [6.45, 7) is 5.67. The molecule has 0 saturated carbocycles. The number of nitrogens with zero attached hydrogens (tertiary/aromatic N) is 2. The van der Waals surface area contributed by atoms with Gasteiger partial charge in [-0.05, 0) is 52.0 Å². The van der Waals surface area contributed by atoms with Gasteiger partial charge in [-0.25, -0.2) is 4.99 Å². The summed E-state index contributed by atoms with van der Waals surface area (Å²) in [5.74, 6) is 0.0522. The largest absolute Gasteiger partial charge is 0.378 e. The summed E-state index contributed by atoms with van der Waals surface area (Å²) in [6, 6.07) is 17.2. The molecule has 1 atom stereocenters. The predicted molar refractivity (Wildman–Crippen MR) is 116 cm³/mol. The SMILES string of the molecule is C[Si]1(c2ccccc2)C2=CC(=O)C=CC2=Nc2ccc(N3CCOCC3)cc21. The molecule has 0 aromatic heterocycles. The summed E-state index contributed by atoms with van der Waals surface area (Å²) in [5.41, 5.74) is 3.18. The number of benzene rings is 2. The number of ketones is 1. The molecule has 3 aliphatic rings. The molecule has 2 aliphatic heterocycles. The van der Waals surface area contributed by atoms with Crippen molar-refractivity contribution in [2.24, 2.45) is 4.99 Å². The third-order valence-corrected chi connectivity index (χ3v) is 10.4. The van der Waals surface area contributed by atoms with E-state index in [0.29, 0.717) is 0 Å². The molecule has 0 bridgehead atoms. The summed E-state index contributed by atoms with van der Waals surface area (Å²) in [5, 5.41) is 3.69. The van der Waals surface area contributed by atoms with E-state index in [0.717, 1.165) is 42.9 Å². The van der Waals surface area contributed by atoms with Gasteiger partial charge in [-0.3, -0.25) is 4.79 Å². The summed E-state index contributed by atoms with van der Waals surface area (Å²) >= 11 is 0. The molecule has 1 fully saturated rings. The van der Waals surface area contributed by atoms with E-state index in [2.05, 4.69) is 53.9 Å². The van der Waals surface area contributed by atoms with Crippen LogP contribution in [0.5, 0.6) is 0 Å². The fourth-order valence-electron chi connectivity index (χ4n) is 4.41. The van der Waals surface area contributed by atoms with Crippen LogP contribution in [0.15, 0.2) is 76.9 Å². The van der Waals surface area contributed by atoms with Gasteiger partial charge in [0, 0.05) is 18.8 Å². The number of fused-ring (bicyclic) bond motifs is 2. The van der Waals surface area contributed by atoms with Gasteiger partial charge in [0.2, 0.25) is 0 Å². The van der Waals surface area contributed by atoms with Gasteiger partial charge in [0.1, 0.15) is 0 Å². The molecule has 0 spiro atoms. The van der Waals surface area contributed by atoms with Crippen LogP contribution in [0.2, 0.25) is 6.55 Å². The molecule has 1 unspecified atom stereocenters. The number of hydrogen-bond donors (Lipinski definition) is 0. The van der Waals surface area contributed by atoms with Crippen LogP contribution in [0.4, 0.5) is 11.4 Å². The molecule has 5 heteroatoms.